The quantitative estimate of drug-likeness (QED) is 0.767. The highest BCUT2D eigenvalue weighted by Crippen LogP contribution is 2.19. The Bertz CT molecular complexity index is 374. The average molecular weight is 220 g/mol. The zero-order chi connectivity index (χ0) is 12.1. The van der Waals surface area contributed by atoms with Crippen molar-refractivity contribution >= 4 is 17.3 Å². The van der Waals surface area contributed by atoms with Gasteiger partial charge in [-0.1, -0.05) is 26.8 Å². The van der Waals surface area contributed by atoms with Gasteiger partial charge >= 0.3 is 0 Å². The van der Waals surface area contributed by atoms with Crippen LogP contribution in [-0.2, 0) is 11.2 Å². The lowest BCUT2D eigenvalue weighted by Crippen LogP contribution is -2.19. The van der Waals surface area contributed by atoms with Gasteiger partial charge in [0, 0.05) is 17.3 Å². The van der Waals surface area contributed by atoms with Crippen molar-refractivity contribution in [3.8, 4) is 0 Å². The Kier molecular flexibility index (Phi) is 4.35. The molecule has 1 atom stereocenters. The molecule has 3 nitrogen and oxygen atoms in total. The summed E-state index contributed by atoms with van der Waals surface area (Å²) in [6, 6.07) is 5.68. The molecule has 0 radical (unpaired) electrons. The number of nitrogens with one attached hydrogen (secondary N) is 1. The van der Waals surface area contributed by atoms with E-state index in [1.165, 1.54) is 0 Å². The van der Waals surface area contributed by atoms with E-state index in [2.05, 4.69) is 12.2 Å². The van der Waals surface area contributed by atoms with Crippen molar-refractivity contribution in [2.75, 3.05) is 11.1 Å². The third-order valence-corrected chi connectivity index (χ3v) is 2.85. The number of carbonyl (C=O) groups excluding carboxylic acids is 1. The summed E-state index contributed by atoms with van der Waals surface area (Å²) in [5, 5.41) is 2.87. The second kappa shape index (κ2) is 5.54. The highest BCUT2D eigenvalue weighted by atomic mass is 16.1. The van der Waals surface area contributed by atoms with Crippen molar-refractivity contribution in [2.45, 2.75) is 33.6 Å². The molecule has 0 aromatic heterocycles. The van der Waals surface area contributed by atoms with Crippen LogP contribution in [0.4, 0.5) is 11.4 Å². The number of rotatable bonds is 4. The van der Waals surface area contributed by atoms with E-state index in [1.807, 2.05) is 32.0 Å². The predicted molar refractivity (Wildman–Crippen MR) is 68.3 cm³/mol. The second-order valence-electron chi connectivity index (χ2n) is 4.07. The first-order valence-electron chi connectivity index (χ1n) is 5.77. The van der Waals surface area contributed by atoms with Crippen LogP contribution in [0.3, 0.4) is 0 Å². The molecule has 3 N–H and O–H groups in total. The summed E-state index contributed by atoms with van der Waals surface area (Å²) < 4.78 is 0. The van der Waals surface area contributed by atoms with Crippen LogP contribution in [0, 0.1) is 5.92 Å². The number of nitrogen functional groups attached to an aromatic ring is 1. The normalized spacial score (nSPS) is 12.2. The molecule has 1 amide bonds. The summed E-state index contributed by atoms with van der Waals surface area (Å²) in [7, 11) is 0. The minimum Gasteiger partial charge on any atom is -0.398 e. The fraction of sp³-hybridized carbons (Fsp3) is 0.462. The largest absolute Gasteiger partial charge is 0.398 e. The minimum atomic E-state index is 0.0343. The van der Waals surface area contributed by atoms with Crippen LogP contribution >= 0.6 is 0 Å². The van der Waals surface area contributed by atoms with Gasteiger partial charge in [0.05, 0.1) is 0 Å². The Balaban J connectivity index is 2.75. The molecule has 0 saturated carbocycles. The van der Waals surface area contributed by atoms with Crippen molar-refractivity contribution in [2.24, 2.45) is 5.92 Å². The topological polar surface area (TPSA) is 55.1 Å². The summed E-state index contributed by atoms with van der Waals surface area (Å²) >= 11 is 0. The van der Waals surface area contributed by atoms with Gasteiger partial charge in [-0.25, -0.2) is 0 Å². The van der Waals surface area contributed by atoms with E-state index >= 15 is 0 Å². The van der Waals surface area contributed by atoms with Crippen LogP contribution in [0.15, 0.2) is 18.2 Å². The summed E-state index contributed by atoms with van der Waals surface area (Å²) in [5.41, 5.74) is 8.50. The predicted octanol–water partition coefficient (Wildman–Crippen LogP) is 2.82. The van der Waals surface area contributed by atoms with Crippen LogP contribution in [0.5, 0.6) is 0 Å². The van der Waals surface area contributed by atoms with E-state index in [4.69, 9.17) is 5.73 Å². The van der Waals surface area contributed by atoms with Crippen molar-refractivity contribution in [3.05, 3.63) is 23.8 Å². The van der Waals surface area contributed by atoms with E-state index in [0.717, 1.165) is 29.8 Å². The molecule has 0 spiro atoms. The second-order valence-corrected chi connectivity index (χ2v) is 4.07. The maximum atomic E-state index is 11.7. The van der Waals surface area contributed by atoms with Gasteiger partial charge in [0.15, 0.2) is 0 Å². The minimum absolute atomic E-state index is 0.0343. The fourth-order valence-electron chi connectivity index (χ4n) is 1.45. The number of carbonyl (C=O) groups is 1. The molecule has 0 aliphatic rings. The molecule has 1 aromatic carbocycles. The lowest BCUT2D eigenvalue weighted by Gasteiger charge is -2.11. The lowest BCUT2D eigenvalue weighted by atomic mass is 10.1. The van der Waals surface area contributed by atoms with Gasteiger partial charge in [0.1, 0.15) is 0 Å². The number of aryl methyl sites for hydroxylation is 1. The molecule has 0 aliphatic heterocycles. The van der Waals surface area contributed by atoms with Crippen LogP contribution in [0.2, 0.25) is 0 Å². The van der Waals surface area contributed by atoms with Gasteiger partial charge in [-0.3, -0.25) is 4.79 Å². The number of hydrogen-bond acceptors (Lipinski definition) is 2. The fourth-order valence-corrected chi connectivity index (χ4v) is 1.45. The first-order valence-corrected chi connectivity index (χ1v) is 5.77. The number of anilines is 2. The first kappa shape index (κ1) is 12.6. The molecule has 1 rings (SSSR count). The maximum absolute atomic E-state index is 11.7. The highest BCUT2D eigenvalue weighted by Gasteiger charge is 2.10. The van der Waals surface area contributed by atoms with Crippen molar-refractivity contribution < 1.29 is 4.79 Å². The number of benzene rings is 1. The summed E-state index contributed by atoms with van der Waals surface area (Å²) in [6.45, 7) is 5.97. The Hall–Kier alpha value is -1.51. The van der Waals surface area contributed by atoms with Crippen LogP contribution in [0.25, 0.3) is 0 Å². The lowest BCUT2D eigenvalue weighted by molar-refractivity contribution is -0.119. The number of hydrogen-bond donors (Lipinski definition) is 2. The van der Waals surface area contributed by atoms with Gasteiger partial charge in [-0.05, 0) is 30.5 Å². The maximum Gasteiger partial charge on any atom is 0.227 e. The van der Waals surface area contributed by atoms with E-state index in [0.29, 0.717) is 0 Å². The molecule has 0 heterocycles. The molecular formula is C13H20N2O. The Morgan fingerprint density at radius 1 is 1.44 bits per heavy atom. The third-order valence-electron chi connectivity index (χ3n) is 2.85. The highest BCUT2D eigenvalue weighted by molar-refractivity contribution is 5.92. The van der Waals surface area contributed by atoms with Gasteiger partial charge in [0.25, 0.3) is 0 Å². The van der Waals surface area contributed by atoms with Gasteiger partial charge < -0.3 is 11.1 Å². The molecule has 0 aliphatic carbocycles. The molecule has 0 saturated heterocycles. The van der Waals surface area contributed by atoms with Crippen LogP contribution in [-0.4, -0.2) is 5.91 Å². The molecule has 1 unspecified atom stereocenters. The summed E-state index contributed by atoms with van der Waals surface area (Å²) in [4.78, 5) is 11.7. The molecule has 3 heteroatoms. The molecule has 88 valence electrons. The van der Waals surface area contributed by atoms with E-state index in [9.17, 15) is 4.79 Å². The molecule has 0 fully saturated rings. The Morgan fingerprint density at radius 2 is 2.12 bits per heavy atom. The van der Waals surface area contributed by atoms with Crippen LogP contribution < -0.4 is 11.1 Å². The Morgan fingerprint density at radius 3 is 2.62 bits per heavy atom. The van der Waals surface area contributed by atoms with Gasteiger partial charge in [-0.2, -0.15) is 0 Å². The molecular weight excluding hydrogens is 200 g/mol. The first-order chi connectivity index (χ1) is 7.58. The standard InChI is InChI=1S/C13H20N2O/c1-4-9(3)13(16)15-11-7-6-10(5-2)12(14)8-11/h6-9H,4-5,14H2,1-3H3,(H,15,16). The van der Waals surface area contributed by atoms with Crippen molar-refractivity contribution in [3.63, 3.8) is 0 Å². The Labute approximate surface area is 97.0 Å². The average Bonchev–Trinajstić information content (AvgIpc) is 2.28. The van der Waals surface area contributed by atoms with Crippen molar-refractivity contribution in [1.82, 2.24) is 0 Å². The van der Waals surface area contributed by atoms with Gasteiger partial charge in [-0.15, -0.1) is 0 Å². The summed E-state index contributed by atoms with van der Waals surface area (Å²) in [6.07, 6.45) is 1.75. The smallest absolute Gasteiger partial charge is 0.227 e. The number of nitrogens with two attached hydrogens (primary N) is 1. The van der Waals surface area contributed by atoms with E-state index in [-0.39, 0.29) is 11.8 Å². The monoisotopic (exact) mass is 220 g/mol. The zero-order valence-electron chi connectivity index (χ0n) is 10.2. The van der Waals surface area contributed by atoms with Crippen LogP contribution in [0.1, 0.15) is 32.8 Å². The summed E-state index contributed by atoms with van der Waals surface area (Å²) in [5.74, 6) is 0.0817. The zero-order valence-corrected chi connectivity index (χ0v) is 10.2. The van der Waals surface area contributed by atoms with E-state index in [1.54, 1.807) is 0 Å². The molecule has 16 heavy (non-hydrogen) atoms. The van der Waals surface area contributed by atoms with Gasteiger partial charge in [0.2, 0.25) is 5.91 Å². The molecule has 1 aromatic rings. The third kappa shape index (κ3) is 2.99. The number of amides is 1. The molecule has 0 bridgehead atoms. The van der Waals surface area contributed by atoms with Crippen molar-refractivity contribution in [1.29, 1.82) is 0 Å². The van der Waals surface area contributed by atoms with E-state index < -0.39 is 0 Å². The SMILES string of the molecule is CCc1ccc(NC(=O)C(C)CC)cc1N.